The minimum absolute atomic E-state index is 0.107. The molecule has 0 radical (unpaired) electrons. The van der Waals surface area contributed by atoms with Crippen LogP contribution in [0.25, 0.3) is 10.9 Å². The lowest BCUT2D eigenvalue weighted by molar-refractivity contribution is 0.0635. The highest BCUT2D eigenvalue weighted by atomic mass is 16.2. The van der Waals surface area contributed by atoms with E-state index in [4.69, 9.17) is 0 Å². The molecule has 1 saturated heterocycles. The van der Waals surface area contributed by atoms with Gasteiger partial charge in [-0.3, -0.25) is 19.2 Å². The minimum Gasteiger partial charge on any atom is -0.337 e. The van der Waals surface area contributed by atoms with Crippen LogP contribution in [0.5, 0.6) is 0 Å². The average Bonchev–Trinajstić information content (AvgIpc) is 3.23. The minimum atomic E-state index is -0.107. The standard InChI is InChI=1S/C23H27N5O2/c29-22(19-6-2-1-3-7-19)27-16-14-26(15-17-27)12-5-4-10-25-23(30)28-13-9-20-18-24-11-8-21(20)28/h1-3,6-9,11,13,18H,4-5,10,12,14-17H2,(H,25,30). The fraction of sp³-hybridized carbons (Fsp3) is 0.348. The van der Waals surface area contributed by atoms with Gasteiger partial charge in [0.15, 0.2) is 0 Å². The second-order valence-electron chi connectivity index (χ2n) is 7.56. The molecule has 0 aliphatic carbocycles. The molecule has 156 valence electrons. The summed E-state index contributed by atoms with van der Waals surface area (Å²) in [6, 6.07) is 13.1. The number of amides is 2. The predicted octanol–water partition coefficient (Wildman–Crippen LogP) is 2.83. The number of piperazine rings is 1. The van der Waals surface area contributed by atoms with Gasteiger partial charge in [0.25, 0.3) is 5.91 Å². The number of unbranched alkanes of at least 4 members (excludes halogenated alkanes) is 1. The second kappa shape index (κ2) is 9.54. The third-order valence-electron chi connectivity index (χ3n) is 5.57. The van der Waals surface area contributed by atoms with Crippen molar-refractivity contribution in [2.24, 2.45) is 0 Å². The monoisotopic (exact) mass is 405 g/mol. The fourth-order valence-electron chi connectivity index (χ4n) is 3.84. The number of fused-ring (bicyclic) bond motifs is 1. The van der Waals surface area contributed by atoms with Crippen LogP contribution in [0.4, 0.5) is 4.79 Å². The quantitative estimate of drug-likeness (QED) is 0.640. The van der Waals surface area contributed by atoms with E-state index in [9.17, 15) is 9.59 Å². The van der Waals surface area contributed by atoms with E-state index < -0.39 is 0 Å². The van der Waals surface area contributed by atoms with E-state index in [-0.39, 0.29) is 11.9 Å². The number of benzene rings is 1. The Morgan fingerprint density at radius 2 is 1.77 bits per heavy atom. The normalized spacial score (nSPS) is 14.7. The van der Waals surface area contributed by atoms with Crippen molar-refractivity contribution in [2.75, 3.05) is 39.3 Å². The number of hydrogen-bond donors (Lipinski definition) is 1. The van der Waals surface area contributed by atoms with Crippen LogP contribution < -0.4 is 5.32 Å². The van der Waals surface area contributed by atoms with Gasteiger partial charge >= 0.3 is 6.03 Å². The van der Waals surface area contributed by atoms with Gasteiger partial charge in [0.05, 0.1) is 5.52 Å². The van der Waals surface area contributed by atoms with E-state index in [0.717, 1.165) is 62.0 Å². The summed E-state index contributed by atoms with van der Waals surface area (Å²) in [4.78, 5) is 33.3. The predicted molar refractivity (Wildman–Crippen MR) is 117 cm³/mol. The van der Waals surface area contributed by atoms with Gasteiger partial charge in [0, 0.05) is 62.3 Å². The Hall–Kier alpha value is -3.19. The van der Waals surface area contributed by atoms with Crippen molar-refractivity contribution in [3.05, 3.63) is 66.6 Å². The van der Waals surface area contributed by atoms with E-state index >= 15 is 0 Å². The highest BCUT2D eigenvalue weighted by molar-refractivity contribution is 5.94. The van der Waals surface area contributed by atoms with Crippen LogP contribution >= 0.6 is 0 Å². The molecule has 0 saturated carbocycles. The van der Waals surface area contributed by atoms with Gasteiger partial charge in [-0.05, 0) is 43.7 Å². The zero-order chi connectivity index (χ0) is 20.8. The number of rotatable bonds is 6. The smallest absolute Gasteiger partial charge is 0.326 e. The van der Waals surface area contributed by atoms with Gasteiger partial charge in [0.2, 0.25) is 0 Å². The van der Waals surface area contributed by atoms with Gasteiger partial charge in [-0.1, -0.05) is 18.2 Å². The summed E-state index contributed by atoms with van der Waals surface area (Å²) in [5.41, 5.74) is 1.62. The van der Waals surface area contributed by atoms with Crippen molar-refractivity contribution in [3.63, 3.8) is 0 Å². The molecule has 0 unspecified atom stereocenters. The lowest BCUT2D eigenvalue weighted by Crippen LogP contribution is -2.48. The molecule has 0 bridgehead atoms. The summed E-state index contributed by atoms with van der Waals surface area (Å²) in [7, 11) is 0. The van der Waals surface area contributed by atoms with E-state index in [0.29, 0.717) is 6.54 Å². The maximum atomic E-state index is 12.5. The topological polar surface area (TPSA) is 70.5 Å². The molecule has 3 aromatic rings. The van der Waals surface area contributed by atoms with Crippen LogP contribution in [-0.4, -0.2) is 70.6 Å². The molecule has 2 aromatic heterocycles. The Morgan fingerprint density at radius 3 is 2.57 bits per heavy atom. The molecular formula is C23H27N5O2. The van der Waals surface area contributed by atoms with Gasteiger partial charge < -0.3 is 10.2 Å². The van der Waals surface area contributed by atoms with Crippen molar-refractivity contribution in [1.82, 2.24) is 24.7 Å². The van der Waals surface area contributed by atoms with Crippen molar-refractivity contribution >= 4 is 22.8 Å². The molecule has 0 spiro atoms. The van der Waals surface area contributed by atoms with Crippen molar-refractivity contribution in [3.8, 4) is 0 Å². The Morgan fingerprint density at radius 1 is 0.967 bits per heavy atom. The lowest BCUT2D eigenvalue weighted by atomic mass is 10.2. The molecule has 7 nitrogen and oxygen atoms in total. The van der Waals surface area contributed by atoms with Crippen LogP contribution in [0.15, 0.2) is 61.1 Å². The van der Waals surface area contributed by atoms with Crippen molar-refractivity contribution in [2.45, 2.75) is 12.8 Å². The third-order valence-corrected chi connectivity index (χ3v) is 5.57. The van der Waals surface area contributed by atoms with Crippen LogP contribution in [0, 0.1) is 0 Å². The van der Waals surface area contributed by atoms with Gasteiger partial charge in [0.1, 0.15) is 0 Å². The molecule has 1 fully saturated rings. The maximum absolute atomic E-state index is 12.5. The molecule has 1 aliphatic heterocycles. The first-order chi connectivity index (χ1) is 14.7. The molecular weight excluding hydrogens is 378 g/mol. The molecule has 0 atom stereocenters. The lowest BCUT2D eigenvalue weighted by Gasteiger charge is -2.34. The van der Waals surface area contributed by atoms with Crippen LogP contribution in [0.1, 0.15) is 23.2 Å². The van der Waals surface area contributed by atoms with E-state index in [1.807, 2.05) is 47.4 Å². The van der Waals surface area contributed by atoms with Gasteiger partial charge in [-0.15, -0.1) is 0 Å². The highest BCUT2D eigenvalue weighted by Crippen LogP contribution is 2.13. The SMILES string of the molecule is O=C(c1ccccc1)N1CCN(CCCCNC(=O)n2ccc3cnccc32)CC1. The van der Waals surface area contributed by atoms with E-state index in [1.165, 1.54) is 0 Å². The van der Waals surface area contributed by atoms with Crippen LogP contribution in [0.3, 0.4) is 0 Å². The molecule has 4 rings (SSSR count). The Labute approximate surface area is 176 Å². The number of hydrogen-bond acceptors (Lipinski definition) is 4. The Kier molecular flexibility index (Phi) is 6.39. The number of pyridine rings is 1. The molecule has 30 heavy (non-hydrogen) atoms. The van der Waals surface area contributed by atoms with E-state index in [1.54, 1.807) is 23.2 Å². The number of aromatic nitrogens is 2. The summed E-state index contributed by atoms with van der Waals surface area (Å²) < 4.78 is 1.62. The number of carbonyl (C=O) groups excluding carboxylic acids is 2. The first-order valence-corrected chi connectivity index (χ1v) is 10.5. The number of carbonyl (C=O) groups is 2. The van der Waals surface area contributed by atoms with Crippen molar-refractivity contribution in [1.29, 1.82) is 0 Å². The van der Waals surface area contributed by atoms with Gasteiger partial charge in [-0.2, -0.15) is 0 Å². The van der Waals surface area contributed by atoms with Gasteiger partial charge in [-0.25, -0.2) is 4.79 Å². The summed E-state index contributed by atoms with van der Waals surface area (Å²) in [5, 5.41) is 3.94. The highest BCUT2D eigenvalue weighted by Gasteiger charge is 2.21. The number of nitrogens with one attached hydrogen (secondary N) is 1. The summed E-state index contributed by atoms with van der Waals surface area (Å²) >= 11 is 0. The Bertz CT molecular complexity index is 993. The Balaban J connectivity index is 1.14. The zero-order valence-electron chi connectivity index (χ0n) is 17.0. The molecule has 7 heteroatoms. The average molecular weight is 406 g/mol. The molecule has 3 heterocycles. The summed E-state index contributed by atoms with van der Waals surface area (Å²) in [6.45, 7) is 4.96. The van der Waals surface area contributed by atoms with E-state index in [2.05, 4.69) is 15.2 Å². The molecule has 2 amide bonds. The zero-order valence-corrected chi connectivity index (χ0v) is 17.0. The largest absolute Gasteiger partial charge is 0.337 e. The van der Waals surface area contributed by atoms with Crippen molar-refractivity contribution < 1.29 is 9.59 Å². The molecule has 1 aromatic carbocycles. The first kappa shape index (κ1) is 20.1. The molecule has 1 N–H and O–H groups in total. The third kappa shape index (κ3) is 4.68. The summed E-state index contributed by atoms with van der Waals surface area (Å²) in [5.74, 6) is 0.117. The maximum Gasteiger partial charge on any atom is 0.326 e. The summed E-state index contributed by atoms with van der Waals surface area (Å²) in [6.07, 6.45) is 7.17. The molecule has 1 aliphatic rings. The second-order valence-corrected chi connectivity index (χ2v) is 7.56. The first-order valence-electron chi connectivity index (χ1n) is 10.5. The number of nitrogens with zero attached hydrogens (tertiary/aromatic N) is 4. The van der Waals surface area contributed by atoms with Crippen LogP contribution in [0.2, 0.25) is 0 Å². The fourth-order valence-corrected chi connectivity index (χ4v) is 3.84. The van der Waals surface area contributed by atoms with Crippen LogP contribution in [-0.2, 0) is 0 Å².